The Balaban J connectivity index is 1.64. The molecule has 1 amide bonds. The SMILES string of the molecule is O=C(NOCc1ccccc1)c1cc2cc(F)ccc2[nH]1. The topological polar surface area (TPSA) is 54.1 Å². The molecule has 1 heterocycles. The van der Waals surface area contributed by atoms with E-state index in [1.54, 1.807) is 12.1 Å². The van der Waals surface area contributed by atoms with Crippen LogP contribution in [0, 0.1) is 5.82 Å². The number of nitrogens with one attached hydrogen (secondary N) is 2. The number of hydroxylamine groups is 1. The summed E-state index contributed by atoms with van der Waals surface area (Å²) in [5, 5.41) is 0.642. The number of hydrogen-bond acceptors (Lipinski definition) is 2. The lowest BCUT2D eigenvalue weighted by Gasteiger charge is -2.04. The Bertz CT molecular complexity index is 768. The molecule has 0 saturated carbocycles. The molecule has 0 fully saturated rings. The summed E-state index contributed by atoms with van der Waals surface area (Å²) in [6.07, 6.45) is 0. The second kappa shape index (κ2) is 5.76. The average Bonchev–Trinajstić information content (AvgIpc) is 2.91. The molecule has 0 aliphatic rings. The Morgan fingerprint density at radius 1 is 1.14 bits per heavy atom. The zero-order valence-electron chi connectivity index (χ0n) is 11.1. The summed E-state index contributed by atoms with van der Waals surface area (Å²) in [6.45, 7) is 0.279. The van der Waals surface area contributed by atoms with Gasteiger partial charge in [-0.05, 0) is 29.8 Å². The van der Waals surface area contributed by atoms with E-state index in [1.807, 2.05) is 30.3 Å². The van der Waals surface area contributed by atoms with E-state index in [2.05, 4.69) is 10.5 Å². The van der Waals surface area contributed by atoms with Gasteiger partial charge in [0.15, 0.2) is 0 Å². The molecule has 0 spiro atoms. The number of aromatic amines is 1. The van der Waals surface area contributed by atoms with Crippen LogP contribution in [0.5, 0.6) is 0 Å². The highest BCUT2D eigenvalue weighted by atomic mass is 19.1. The maximum absolute atomic E-state index is 13.1. The van der Waals surface area contributed by atoms with Crippen molar-refractivity contribution in [3.63, 3.8) is 0 Å². The first-order valence-corrected chi connectivity index (χ1v) is 6.47. The highest BCUT2D eigenvalue weighted by molar-refractivity contribution is 5.97. The number of aromatic nitrogens is 1. The number of benzene rings is 2. The lowest BCUT2D eigenvalue weighted by Crippen LogP contribution is -2.23. The van der Waals surface area contributed by atoms with Crippen LogP contribution in [-0.2, 0) is 11.4 Å². The zero-order chi connectivity index (χ0) is 14.7. The Morgan fingerprint density at radius 3 is 2.76 bits per heavy atom. The van der Waals surface area contributed by atoms with Crippen LogP contribution in [0.4, 0.5) is 4.39 Å². The molecule has 0 atom stereocenters. The minimum absolute atomic E-state index is 0.279. The molecule has 5 heteroatoms. The molecule has 4 nitrogen and oxygen atoms in total. The molecule has 0 aliphatic heterocycles. The second-order valence-electron chi connectivity index (χ2n) is 4.62. The van der Waals surface area contributed by atoms with Crippen LogP contribution in [0.2, 0.25) is 0 Å². The highest BCUT2D eigenvalue weighted by Gasteiger charge is 2.10. The van der Waals surface area contributed by atoms with Gasteiger partial charge in [-0.15, -0.1) is 0 Å². The van der Waals surface area contributed by atoms with Gasteiger partial charge in [-0.1, -0.05) is 30.3 Å². The highest BCUT2D eigenvalue weighted by Crippen LogP contribution is 2.16. The standard InChI is InChI=1S/C16H13FN2O2/c17-13-6-7-14-12(8-13)9-15(18-14)16(20)19-21-10-11-4-2-1-3-5-11/h1-9,18H,10H2,(H,19,20). The van der Waals surface area contributed by atoms with E-state index < -0.39 is 5.91 Å². The van der Waals surface area contributed by atoms with Gasteiger partial charge in [-0.2, -0.15) is 0 Å². The van der Waals surface area contributed by atoms with Crippen LogP contribution in [0.3, 0.4) is 0 Å². The molecular formula is C16H13FN2O2. The van der Waals surface area contributed by atoms with E-state index in [-0.39, 0.29) is 12.4 Å². The van der Waals surface area contributed by atoms with Crippen molar-refractivity contribution in [3.05, 3.63) is 71.7 Å². The van der Waals surface area contributed by atoms with Crippen LogP contribution in [-0.4, -0.2) is 10.9 Å². The minimum Gasteiger partial charge on any atom is -0.350 e. The Hall–Kier alpha value is -2.66. The second-order valence-corrected chi connectivity index (χ2v) is 4.62. The number of hydrogen-bond donors (Lipinski definition) is 2. The number of carbonyl (C=O) groups excluding carboxylic acids is 1. The largest absolute Gasteiger partial charge is 0.350 e. The number of carbonyl (C=O) groups is 1. The van der Waals surface area contributed by atoms with Crippen molar-refractivity contribution >= 4 is 16.8 Å². The predicted molar refractivity (Wildman–Crippen MR) is 77.0 cm³/mol. The lowest BCUT2D eigenvalue weighted by molar-refractivity contribution is 0.0230. The quantitative estimate of drug-likeness (QED) is 0.723. The Morgan fingerprint density at radius 2 is 1.95 bits per heavy atom. The number of fused-ring (bicyclic) bond motifs is 1. The third-order valence-corrected chi connectivity index (χ3v) is 3.07. The van der Waals surface area contributed by atoms with Gasteiger partial charge in [0.05, 0.1) is 6.61 Å². The Kier molecular flexibility index (Phi) is 3.66. The van der Waals surface area contributed by atoms with E-state index >= 15 is 0 Å². The molecule has 0 aliphatic carbocycles. The maximum Gasteiger partial charge on any atom is 0.291 e. The maximum atomic E-state index is 13.1. The van der Waals surface area contributed by atoms with Crippen molar-refractivity contribution in [2.24, 2.45) is 0 Å². The smallest absolute Gasteiger partial charge is 0.291 e. The molecule has 0 bridgehead atoms. The van der Waals surface area contributed by atoms with Crippen LogP contribution in [0.25, 0.3) is 10.9 Å². The molecule has 3 aromatic rings. The fraction of sp³-hybridized carbons (Fsp3) is 0.0625. The van der Waals surface area contributed by atoms with E-state index in [1.165, 1.54) is 12.1 Å². The van der Waals surface area contributed by atoms with E-state index in [9.17, 15) is 9.18 Å². The van der Waals surface area contributed by atoms with Gasteiger partial charge in [-0.25, -0.2) is 9.87 Å². The van der Waals surface area contributed by atoms with Crippen molar-refractivity contribution in [1.82, 2.24) is 10.5 Å². The van der Waals surface area contributed by atoms with Gasteiger partial charge in [0.2, 0.25) is 0 Å². The molecular weight excluding hydrogens is 271 g/mol. The van der Waals surface area contributed by atoms with Gasteiger partial charge in [-0.3, -0.25) is 9.63 Å². The molecule has 0 radical (unpaired) electrons. The molecule has 0 unspecified atom stereocenters. The molecule has 1 aromatic heterocycles. The summed E-state index contributed by atoms with van der Waals surface area (Å²) in [5.41, 5.74) is 4.34. The van der Waals surface area contributed by atoms with Gasteiger partial charge in [0.1, 0.15) is 11.5 Å². The van der Waals surface area contributed by atoms with Crippen molar-refractivity contribution in [1.29, 1.82) is 0 Å². The predicted octanol–water partition coefficient (Wildman–Crippen LogP) is 3.17. The van der Waals surface area contributed by atoms with Gasteiger partial charge < -0.3 is 4.98 Å². The molecule has 2 aromatic carbocycles. The van der Waals surface area contributed by atoms with Gasteiger partial charge >= 0.3 is 0 Å². The number of halogens is 1. The average molecular weight is 284 g/mol. The van der Waals surface area contributed by atoms with Crippen LogP contribution < -0.4 is 5.48 Å². The third kappa shape index (κ3) is 3.09. The van der Waals surface area contributed by atoms with Crippen molar-refractivity contribution < 1.29 is 14.0 Å². The van der Waals surface area contributed by atoms with E-state index in [4.69, 9.17) is 4.84 Å². The van der Waals surface area contributed by atoms with Crippen molar-refractivity contribution in [2.75, 3.05) is 0 Å². The monoisotopic (exact) mass is 284 g/mol. The van der Waals surface area contributed by atoms with Gasteiger partial charge in [0, 0.05) is 10.9 Å². The first kappa shape index (κ1) is 13.3. The Labute approximate surface area is 120 Å². The summed E-state index contributed by atoms with van der Waals surface area (Å²) < 4.78 is 13.1. The van der Waals surface area contributed by atoms with Crippen LogP contribution >= 0.6 is 0 Å². The first-order chi connectivity index (χ1) is 10.2. The summed E-state index contributed by atoms with van der Waals surface area (Å²) in [6, 6.07) is 15.4. The zero-order valence-corrected chi connectivity index (χ0v) is 11.1. The van der Waals surface area contributed by atoms with Crippen molar-refractivity contribution in [3.8, 4) is 0 Å². The normalized spacial score (nSPS) is 10.7. The summed E-state index contributed by atoms with van der Waals surface area (Å²) in [5.74, 6) is -0.740. The molecule has 106 valence electrons. The number of amides is 1. The van der Waals surface area contributed by atoms with E-state index in [0.717, 1.165) is 5.56 Å². The van der Waals surface area contributed by atoms with Crippen LogP contribution in [0.1, 0.15) is 16.1 Å². The van der Waals surface area contributed by atoms with E-state index in [0.29, 0.717) is 16.6 Å². The molecule has 3 rings (SSSR count). The molecule has 0 saturated heterocycles. The first-order valence-electron chi connectivity index (χ1n) is 6.47. The lowest BCUT2D eigenvalue weighted by atomic mass is 10.2. The summed E-state index contributed by atoms with van der Waals surface area (Å²) >= 11 is 0. The van der Waals surface area contributed by atoms with Gasteiger partial charge in [0.25, 0.3) is 5.91 Å². The number of H-pyrrole nitrogens is 1. The summed E-state index contributed by atoms with van der Waals surface area (Å²) in [7, 11) is 0. The van der Waals surface area contributed by atoms with Crippen LogP contribution in [0.15, 0.2) is 54.6 Å². The minimum atomic E-state index is -0.400. The fourth-order valence-corrected chi connectivity index (χ4v) is 2.04. The molecule has 2 N–H and O–H groups in total. The fourth-order valence-electron chi connectivity index (χ4n) is 2.04. The summed E-state index contributed by atoms with van der Waals surface area (Å²) in [4.78, 5) is 20.0. The molecule has 21 heavy (non-hydrogen) atoms. The van der Waals surface area contributed by atoms with Crippen molar-refractivity contribution in [2.45, 2.75) is 6.61 Å². The third-order valence-electron chi connectivity index (χ3n) is 3.07. The number of rotatable bonds is 4.